The number of rotatable bonds is 4. The van der Waals surface area contributed by atoms with Crippen LogP contribution in [0.2, 0.25) is 0 Å². The summed E-state index contributed by atoms with van der Waals surface area (Å²) in [5, 5.41) is 3.23. The lowest BCUT2D eigenvalue weighted by atomic mass is 9.99. The molecular formula is C15H13Cl2N. The first-order chi connectivity index (χ1) is 8.77. The summed E-state index contributed by atoms with van der Waals surface area (Å²) < 4.78 is 0.215. The zero-order valence-corrected chi connectivity index (χ0v) is 11.2. The summed E-state index contributed by atoms with van der Waals surface area (Å²) in [7, 11) is 0. The third-order valence-corrected chi connectivity index (χ3v) is 2.84. The molecule has 2 aromatic rings. The molecule has 0 aliphatic rings. The second kappa shape index (κ2) is 6.48. The highest BCUT2D eigenvalue weighted by Gasteiger charge is 2.11. The number of halogens is 2. The molecule has 0 aliphatic carbocycles. The van der Waals surface area contributed by atoms with Gasteiger partial charge in [0.2, 0.25) is 0 Å². The predicted octanol–water partition coefficient (Wildman–Crippen LogP) is 4.64. The SMILES string of the molecule is ClC(Cl)=CNC(c1ccccc1)c1ccccc1. The molecule has 0 saturated carbocycles. The van der Waals surface area contributed by atoms with E-state index in [1.165, 1.54) is 0 Å². The predicted molar refractivity (Wildman–Crippen MR) is 77.7 cm³/mol. The van der Waals surface area contributed by atoms with Crippen molar-refractivity contribution in [3.63, 3.8) is 0 Å². The van der Waals surface area contributed by atoms with Crippen LogP contribution in [0.3, 0.4) is 0 Å². The highest BCUT2D eigenvalue weighted by atomic mass is 35.5. The molecule has 0 heterocycles. The van der Waals surface area contributed by atoms with Crippen molar-refractivity contribution >= 4 is 23.2 Å². The molecule has 0 atom stereocenters. The summed E-state index contributed by atoms with van der Waals surface area (Å²) in [6, 6.07) is 20.4. The molecule has 3 heteroatoms. The van der Waals surface area contributed by atoms with Crippen molar-refractivity contribution in [1.29, 1.82) is 0 Å². The summed E-state index contributed by atoms with van der Waals surface area (Å²) in [5.41, 5.74) is 2.32. The molecule has 0 bridgehead atoms. The Bertz CT molecular complexity index is 465. The van der Waals surface area contributed by atoms with Gasteiger partial charge in [0, 0.05) is 6.20 Å². The van der Waals surface area contributed by atoms with E-state index in [9.17, 15) is 0 Å². The average molecular weight is 278 g/mol. The Morgan fingerprint density at radius 1 is 0.833 bits per heavy atom. The molecule has 1 N–H and O–H groups in total. The maximum atomic E-state index is 5.66. The van der Waals surface area contributed by atoms with E-state index in [0.29, 0.717) is 0 Å². The molecule has 92 valence electrons. The minimum atomic E-state index is 0.0416. The van der Waals surface area contributed by atoms with Gasteiger partial charge in [-0.05, 0) is 11.1 Å². The fraction of sp³-hybridized carbons (Fsp3) is 0.0667. The lowest BCUT2D eigenvalue weighted by Crippen LogP contribution is -2.16. The van der Waals surface area contributed by atoms with E-state index >= 15 is 0 Å². The van der Waals surface area contributed by atoms with Crippen LogP contribution in [0.1, 0.15) is 17.2 Å². The van der Waals surface area contributed by atoms with E-state index in [1.54, 1.807) is 6.20 Å². The molecule has 0 amide bonds. The highest BCUT2D eigenvalue weighted by Crippen LogP contribution is 2.22. The smallest absolute Gasteiger partial charge is 0.122 e. The van der Waals surface area contributed by atoms with E-state index in [1.807, 2.05) is 36.4 Å². The van der Waals surface area contributed by atoms with Gasteiger partial charge in [-0.15, -0.1) is 0 Å². The van der Waals surface area contributed by atoms with E-state index in [0.717, 1.165) is 11.1 Å². The minimum absolute atomic E-state index is 0.0416. The average Bonchev–Trinajstić information content (AvgIpc) is 2.41. The van der Waals surface area contributed by atoms with Crippen LogP contribution in [0.25, 0.3) is 0 Å². The minimum Gasteiger partial charge on any atom is -0.378 e. The third-order valence-electron chi connectivity index (χ3n) is 2.62. The van der Waals surface area contributed by atoms with Crippen LogP contribution in [-0.4, -0.2) is 0 Å². The molecule has 0 saturated heterocycles. The van der Waals surface area contributed by atoms with Crippen molar-refractivity contribution < 1.29 is 0 Å². The van der Waals surface area contributed by atoms with Crippen LogP contribution in [0.5, 0.6) is 0 Å². The number of nitrogens with one attached hydrogen (secondary N) is 1. The first-order valence-electron chi connectivity index (χ1n) is 5.64. The van der Waals surface area contributed by atoms with Gasteiger partial charge in [0.05, 0.1) is 6.04 Å². The molecular weight excluding hydrogens is 265 g/mol. The molecule has 0 aliphatic heterocycles. The summed E-state index contributed by atoms with van der Waals surface area (Å²) in [4.78, 5) is 0. The Hall–Kier alpha value is -1.44. The number of hydrogen-bond acceptors (Lipinski definition) is 1. The monoisotopic (exact) mass is 277 g/mol. The Labute approximate surface area is 117 Å². The maximum absolute atomic E-state index is 5.66. The molecule has 18 heavy (non-hydrogen) atoms. The number of benzene rings is 2. The van der Waals surface area contributed by atoms with Crippen molar-refractivity contribution in [2.75, 3.05) is 0 Å². The fourth-order valence-electron chi connectivity index (χ4n) is 1.82. The van der Waals surface area contributed by atoms with Gasteiger partial charge in [-0.3, -0.25) is 0 Å². The van der Waals surface area contributed by atoms with Crippen molar-refractivity contribution in [1.82, 2.24) is 5.32 Å². The van der Waals surface area contributed by atoms with Crippen LogP contribution >= 0.6 is 23.2 Å². The highest BCUT2D eigenvalue weighted by molar-refractivity contribution is 6.55. The molecule has 0 spiro atoms. The number of hydrogen-bond donors (Lipinski definition) is 1. The molecule has 0 fully saturated rings. The normalized spacial score (nSPS) is 10.2. The standard InChI is InChI=1S/C15H13Cl2N/c16-14(17)11-18-15(12-7-3-1-4-8-12)13-9-5-2-6-10-13/h1-11,15,18H. The Morgan fingerprint density at radius 2 is 1.28 bits per heavy atom. The first-order valence-corrected chi connectivity index (χ1v) is 6.40. The zero-order valence-electron chi connectivity index (χ0n) is 9.68. The summed E-state index contributed by atoms with van der Waals surface area (Å²) in [6.07, 6.45) is 1.60. The quantitative estimate of drug-likeness (QED) is 0.858. The van der Waals surface area contributed by atoms with Gasteiger partial charge in [-0.25, -0.2) is 0 Å². The van der Waals surface area contributed by atoms with Gasteiger partial charge in [-0.1, -0.05) is 83.9 Å². The first kappa shape index (κ1) is 13.0. The summed E-state index contributed by atoms with van der Waals surface area (Å²) in [5.74, 6) is 0. The largest absolute Gasteiger partial charge is 0.378 e. The second-order valence-corrected chi connectivity index (χ2v) is 4.86. The van der Waals surface area contributed by atoms with E-state index < -0.39 is 0 Å². The molecule has 2 aromatic carbocycles. The molecule has 0 aromatic heterocycles. The lowest BCUT2D eigenvalue weighted by molar-refractivity contribution is 0.729. The van der Waals surface area contributed by atoms with Gasteiger partial charge in [0.1, 0.15) is 4.49 Å². The van der Waals surface area contributed by atoms with Crippen molar-refractivity contribution in [2.24, 2.45) is 0 Å². The van der Waals surface area contributed by atoms with Crippen LogP contribution < -0.4 is 5.32 Å². The topological polar surface area (TPSA) is 12.0 Å². The van der Waals surface area contributed by atoms with E-state index in [2.05, 4.69) is 29.6 Å². The van der Waals surface area contributed by atoms with Gasteiger partial charge in [0.15, 0.2) is 0 Å². The molecule has 1 nitrogen and oxygen atoms in total. The van der Waals surface area contributed by atoms with Crippen LogP contribution in [-0.2, 0) is 0 Å². The molecule has 0 unspecified atom stereocenters. The lowest BCUT2D eigenvalue weighted by Gasteiger charge is -2.18. The van der Waals surface area contributed by atoms with E-state index in [4.69, 9.17) is 23.2 Å². The maximum Gasteiger partial charge on any atom is 0.122 e. The molecule has 2 rings (SSSR count). The summed E-state index contributed by atoms with van der Waals surface area (Å²) in [6.45, 7) is 0. The fourth-order valence-corrected chi connectivity index (χ4v) is 1.95. The van der Waals surface area contributed by atoms with Crippen LogP contribution in [0.4, 0.5) is 0 Å². The van der Waals surface area contributed by atoms with Gasteiger partial charge in [0.25, 0.3) is 0 Å². The Kier molecular flexibility index (Phi) is 4.68. The third kappa shape index (κ3) is 3.52. The Morgan fingerprint density at radius 3 is 1.67 bits per heavy atom. The zero-order chi connectivity index (χ0) is 12.8. The van der Waals surface area contributed by atoms with E-state index in [-0.39, 0.29) is 10.5 Å². The van der Waals surface area contributed by atoms with Crippen molar-refractivity contribution in [2.45, 2.75) is 6.04 Å². The van der Waals surface area contributed by atoms with Crippen LogP contribution in [0, 0.1) is 0 Å². The Balaban J connectivity index is 2.32. The van der Waals surface area contributed by atoms with Crippen molar-refractivity contribution in [3.8, 4) is 0 Å². The molecule has 0 radical (unpaired) electrons. The van der Waals surface area contributed by atoms with Gasteiger partial charge >= 0.3 is 0 Å². The summed E-state index contributed by atoms with van der Waals surface area (Å²) >= 11 is 11.3. The van der Waals surface area contributed by atoms with Crippen molar-refractivity contribution in [3.05, 3.63) is 82.5 Å². The van der Waals surface area contributed by atoms with Gasteiger partial charge in [-0.2, -0.15) is 0 Å². The second-order valence-electron chi connectivity index (χ2n) is 3.86. The van der Waals surface area contributed by atoms with Gasteiger partial charge < -0.3 is 5.32 Å². The van der Waals surface area contributed by atoms with Crippen LogP contribution in [0.15, 0.2) is 71.4 Å².